The van der Waals surface area contributed by atoms with E-state index in [1.807, 2.05) is 62.4 Å². The van der Waals surface area contributed by atoms with Crippen molar-refractivity contribution in [2.45, 2.75) is 20.3 Å². The molecule has 2 rings (SSSR count). The second kappa shape index (κ2) is 6.59. The molecule has 2 nitrogen and oxygen atoms in total. The zero-order valence-corrected chi connectivity index (χ0v) is 12.8. The minimum absolute atomic E-state index is 0.453. The molecular weight excluding hydrogens is 284 g/mol. The first-order valence-corrected chi connectivity index (χ1v) is 7.20. The molecule has 0 fully saturated rings. The molecule has 0 spiro atoms. The highest BCUT2D eigenvalue weighted by atomic mass is 35.5. The van der Waals surface area contributed by atoms with E-state index in [0.29, 0.717) is 17.0 Å². The Hall–Kier alpha value is -2.06. The van der Waals surface area contributed by atoms with Crippen molar-refractivity contribution >= 4 is 23.1 Å². The van der Waals surface area contributed by atoms with Crippen LogP contribution in [0.15, 0.2) is 54.1 Å². The maximum atomic E-state index is 11.2. The number of carboxylic acid groups (broad SMARTS) is 1. The molecule has 0 aliphatic heterocycles. The lowest BCUT2D eigenvalue weighted by molar-refractivity contribution is -0.132. The largest absolute Gasteiger partial charge is 0.478 e. The molecule has 108 valence electrons. The number of rotatable bonds is 4. The van der Waals surface area contributed by atoms with E-state index in [1.54, 1.807) is 0 Å². The number of carboxylic acids is 1. The van der Waals surface area contributed by atoms with E-state index in [4.69, 9.17) is 11.6 Å². The van der Waals surface area contributed by atoms with Crippen LogP contribution in [-0.4, -0.2) is 11.1 Å². The molecule has 0 radical (unpaired) electrons. The van der Waals surface area contributed by atoms with Crippen molar-refractivity contribution in [3.63, 3.8) is 0 Å². The van der Waals surface area contributed by atoms with E-state index >= 15 is 0 Å². The summed E-state index contributed by atoms with van der Waals surface area (Å²) < 4.78 is 0. The van der Waals surface area contributed by atoms with Gasteiger partial charge in [-0.2, -0.15) is 0 Å². The van der Waals surface area contributed by atoms with Gasteiger partial charge in [-0.25, -0.2) is 4.79 Å². The SMILES string of the molecule is CCC(C(=O)O)=C(C)c1ccc(-c2ccc(Cl)cc2)cc1. The summed E-state index contributed by atoms with van der Waals surface area (Å²) in [4.78, 5) is 11.2. The van der Waals surface area contributed by atoms with Gasteiger partial charge in [0.25, 0.3) is 0 Å². The third-order valence-electron chi connectivity index (χ3n) is 3.56. The van der Waals surface area contributed by atoms with E-state index in [1.165, 1.54) is 0 Å². The molecule has 0 saturated heterocycles. The van der Waals surface area contributed by atoms with Crippen LogP contribution in [0.2, 0.25) is 5.02 Å². The fraction of sp³-hybridized carbons (Fsp3) is 0.167. The summed E-state index contributed by atoms with van der Waals surface area (Å²) in [6, 6.07) is 15.6. The number of hydrogen-bond acceptors (Lipinski definition) is 1. The van der Waals surface area contributed by atoms with Gasteiger partial charge in [0.05, 0.1) is 0 Å². The van der Waals surface area contributed by atoms with E-state index in [0.717, 1.165) is 22.3 Å². The first-order valence-electron chi connectivity index (χ1n) is 6.82. The summed E-state index contributed by atoms with van der Waals surface area (Å²) in [5, 5.41) is 9.90. The molecule has 1 N–H and O–H groups in total. The smallest absolute Gasteiger partial charge is 0.331 e. The predicted octanol–water partition coefficient (Wildman–Crippen LogP) is 5.28. The summed E-state index contributed by atoms with van der Waals surface area (Å²) in [5.41, 5.74) is 4.37. The maximum absolute atomic E-state index is 11.2. The van der Waals surface area contributed by atoms with Crippen molar-refractivity contribution < 1.29 is 9.90 Å². The van der Waals surface area contributed by atoms with Crippen LogP contribution in [0.1, 0.15) is 25.8 Å². The van der Waals surface area contributed by atoms with Gasteiger partial charge >= 0.3 is 5.97 Å². The molecule has 0 aliphatic rings. The van der Waals surface area contributed by atoms with E-state index < -0.39 is 5.97 Å². The number of carbonyl (C=O) groups is 1. The van der Waals surface area contributed by atoms with Crippen molar-refractivity contribution in [1.82, 2.24) is 0 Å². The normalized spacial score (nSPS) is 12.0. The van der Waals surface area contributed by atoms with Crippen molar-refractivity contribution in [2.75, 3.05) is 0 Å². The lowest BCUT2D eigenvalue weighted by atomic mass is 9.97. The second-order valence-corrected chi connectivity index (χ2v) is 5.28. The molecule has 3 heteroatoms. The summed E-state index contributed by atoms with van der Waals surface area (Å²) in [6.07, 6.45) is 0.514. The molecule has 0 bridgehead atoms. The van der Waals surface area contributed by atoms with Gasteiger partial charge in [-0.05, 0) is 47.7 Å². The fourth-order valence-electron chi connectivity index (χ4n) is 2.31. The van der Waals surface area contributed by atoms with Crippen LogP contribution in [0, 0.1) is 0 Å². The van der Waals surface area contributed by atoms with Gasteiger partial charge in [-0.1, -0.05) is 54.9 Å². The number of hydrogen-bond donors (Lipinski definition) is 1. The Labute approximate surface area is 129 Å². The van der Waals surface area contributed by atoms with Crippen molar-refractivity contribution in [3.05, 3.63) is 64.7 Å². The van der Waals surface area contributed by atoms with Gasteiger partial charge < -0.3 is 5.11 Å². The monoisotopic (exact) mass is 300 g/mol. The first kappa shape index (κ1) is 15.3. The van der Waals surface area contributed by atoms with Gasteiger partial charge in [-0.15, -0.1) is 0 Å². The number of allylic oxidation sites excluding steroid dienone is 1. The molecule has 2 aromatic carbocycles. The van der Waals surface area contributed by atoms with E-state index in [2.05, 4.69) is 0 Å². The summed E-state index contributed by atoms with van der Waals surface area (Å²) in [5.74, 6) is -0.850. The number of aliphatic carboxylic acids is 1. The lowest BCUT2D eigenvalue weighted by Gasteiger charge is -2.08. The molecule has 0 aromatic heterocycles. The average molecular weight is 301 g/mol. The second-order valence-electron chi connectivity index (χ2n) is 4.85. The first-order chi connectivity index (χ1) is 10.0. The Morgan fingerprint density at radius 1 is 1.00 bits per heavy atom. The molecular formula is C18H17ClO2. The quantitative estimate of drug-likeness (QED) is 0.780. The van der Waals surface area contributed by atoms with Crippen LogP contribution in [0.3, 0.4) is 0 Å². The van der Waals surface area contributed by atoms with Crippen LogP contribution in [0.5, 0.6) is 0 Å². The molecule has 0 unspecified atom stereocenters. The van der Waals surface area contributed by atoms with Crippen molar-refractivity contribution in [3.8, 4) is 11.1 Å². The fourth-order valence-corrected chi connectivity index (χ4v) is 2.43. The zero-order valence-electron chi connectivity index (χ0n) is 12.1. The number of halogens is 1. The Kier molecular flexibility index (Phi) is 4.81. The van der Waals surface area contributed by atoms with Gasteiger partial charge in [0.2, 0.25) is 0 Å². The van der Waals surface area contributed by atoms with Crippen LogP contribution in [0.4, 0.5) is 0 Å². The van der Waals surface area contributed by atoms with Gasteiger partial charge in [0, 0.05) is 10.6 Å². The van der Waals surface area contributed by atoms with Crippen LogP contribution < -0.4 is 0 Å². The molecule has 0 amide bonds. The van der Waals surface area contributed by atoms with Gasteiger partial charge in [0.1, 0.15) is 0 Å². The third kappa shape index (κ3) is 3.53. The Morgan fingerprint density at radius 3 is 1.90 bits per heavy atom. The van der Waals surface area contributed by atoms with Crippen LogP contribution >= 0.6 is 11.6 Å². The van der Waals surface area contributed by atoms with Gasteiger partial charge in [-0.3, -0.25) is 0 Å². The number of benzene rings is 2. The molecule has 0 atom stereocenters. The summed E-state index contributed by atoms with van der Waals surface area (Å²) in [6.45, 7) is 3.71. The van der Waals surface area contributed by atoms with Crippen LogP contribution in [0.25, 0.3) is 16.7 Å². The standard InChI is InChI=1S/C18H17ClO2/c1-3-17(18(20)21)12(2)13-4-6-14(7-5-13)15-8-10-16(19)11-9-15/h4-11H,3H2,1-2H3,(H,20,21). The maximum Gasteiger partial charge on any atom is 0.331 e. The predicted molar refractivity (Wildman–Crippen MR) is 87.4 cm³/mol. The topological polar surface area (TPSA) is 37.3 Å². The lowest BCUT2D eigenvalue weighted by Crippen LogP contribution is -2.02. The van der Waals surface area contributed by atoms with Crippen LogP contribution in [-0.2, 0) is 4.79 Å². The Morgan fingerprint density at radius 2 is 1.48 bits per heavy atom. The van der Waals surface area contributed by atoms with E-state index in [-0.39, 0.29) is 0 Å². The minimum Gasteiger partial charge on any atom is -0.478 e. The third-order valence-corrected chi connectivity index (χ3v) is 3.81. The highest BCUT2D eigenvalue weighted by molar-refractivity contribution is 6.30. The summed E-state index contributed by atoms with van der Waals surface area (Å²) in [7, 11) is 0. The zero-order chi connectivity index (χ0) is 15.4. The molecule has 0 heterocycles. The highest BCUT2D eigenvalue weighted by Crippen LogP contribution is 2.25. The Balaban J connectivity index is 2.35. The summed E-state index contributed by atoms with van der Waals surface area (Å²) >= 11 is 5.88. The average Bonchev–Trinajstić information content (AvgIpc) is 2.48. The van der Waals surface area contributed by atoms with Gasteiger partial charge in [0.15, 0.2) is 0 Å². The highest BCUT2D eigenvalue weighted by Gasteiger charge is 2.10. The molecule has 21 heavy (non-hydrogen) atoms. The molecule has 2 aromatic rings. The minimum atomic E-state index is -0.850. The Bertz CT molecular complexity index is 667. The van der Waals surface area contributed by atoms with E-state index in [9.17, 15) is 9.90 Å². The van der Waals surface area contributed by atoms with Crippen molar-refractivity contribution in [1.29, 1.82) is 0 Å². The molecule has 0 saturated carbocycles. The van der Waals surface area contributed by atoms with Crippen molar-refractivity contribution in [2.24, 2.45) is 0 Å². The molecule has 0 aliphatic carbocycles.